The zero-order valence-electron chi connectivity index (χ0n) is 19.6. The molecule has 0 bridgehead atoms. The first-order valence-electron chi connectivity index (χ1n) is 11.7. The third-order valence-electron chi connectivity index (χ3n) is 6.14. The molecule has 188 valence electrons. The Morgan fingerprint density at radius 3 is 2.41 bits per heavy atom. The van der Waals surface area contributed by atoms with Crippen molar-refractivity contribution < 1.29 is 28.1 Å². The summed E-state index contributed by atoms with van der Waals surface area (Å²) in [4.78, 5) is 30.7. The van der Waals surface area contributed by atoms with E-state index in [1.807, 2.05) is 12.1 Å². The Labute approximate surface area is 210 Å². The van der Waals surface area contributed by atoms with Gasteiger partial charge in [-0.2, -0.15) is 0 Å². The molecule has 0 saturated heterocycles. The maximum absolute atomic E-state index is 13.3. The lowest BCUT2D eigenvalue weighted by Crippen LogP contribution is -2.35. The average molecular weight is 503 g/mol. The van der Waals surface area contributed by atoms with Crippen molar-refractivity contribution in [2.45, 2.75) is 13.1 Å². The highest BCUT2D eigenvalue weighted by Crippen LogP contribution is 2.34. The molecule has 2 aliphatic rings. The summed E-state index contributed by atoms with van der Waals surface area (Å²) in [5.41, 5.74) is 1.89. The fraction of sp³-hybridized carbons (Fsp3) is 0.185. The van der Waals surface area contributed by atoms with Gasteiger partial charge in [0.2, 0.25) is 6.79 Å². The maximum atomic E-state index is 13.3. The minimum Gasteiger partial charge on any atom is -0.486 e. The number of hydrogen-bond acceptors (Lipinski definition) is 6. The number of rotatable bonds is 5. The van der Waals surface area contributed by atoms with E-state index in [0.29, 0.717) is 53.0 Å². The molecule has 37 heavy (non-hydrogen) atoms. The molecular weight excluding hydrogens is 481 g/mol. The van der Waals surface area contributed by atoms with Gasteiger partial charge in [0.15, 0.2) is 23.0 Å². The number of halogens is 1. The van der Waals surface area contributed by atoms with Gasteiger partial charge in [0.05, 0.1) is 12.1 Å². The van der Waals surface area contributed by atoms with Crippen molar-refractivity contribution in [1.29, 1.82) is 0 Å². The lowest BCUT2D eigenvalue weighted by Gasteiger charge is -2.24. The van der Waals surface area contributed by atoms with Gasteiger partial charge in [-0.1, -0.05) is 6.07 Å². The molecule has 1 aromatic heterocycles. The van der Waals surface area contributed by atoms with Crippen molar-refractivity contribution in [1.82, 2.24) is 9.88 Å². The van der Waals surface area contributed by atoms with Crippen LogP contribution in [0.4, 0.5) is 14.9 Å². The number of hydrogen-bond donors (Lipinski definition) is 2. The van der Waals surface area contributed by atoms with E-state index in [9.17, 15) is 14.0 Å². The fourth-order valence-electron chi connectivity index (χ4n) is 4.31. The van der Waals surface area contributed by atoms with E-state index in [1.165, 1.54) is 29.2 Å². The monoisotopic (exact) mass is 503 g/mol. The van der Waals surface area contributed by atoms with Gasteiger partial charge in [-0.3, -0.25) is 4.79 Å². The molecule has 0 atom stereocenters. The number of fused-ring (bicyclic) bond motifs is 3. The molecule has 0 fully saturated rings. The molecule has 4 aromatic rings. The summed E-state index contributed by atoms with van der Waals surface area (Å²) >= 11 is 0. The van der Waals surface area contributed by atoms with Gasteiger partial charge in [-0.05, 0) is 54.1 Å². The number of nitrogens with one attached hydrogen (secondary N) is 2. The summed E-state index contributed by atoms with van der Waals surface area (Å²) in [6, 6.07) is 15.7. The van der Waals surface area contributed by atoms with Crippen LogP contribution in [0.25, 0.3) is 10.9 Å². The summed E-state index contributed by atoms with van der Waals surface area (Å²) < 4.78 is 35.5. The summed E-state index contributed by atoms with van der Waals surface area (Å²) in [7, 11) is 0. The first kappa shape index (κ1) is 22.7. The number of ether oxygens (including phenoxy) is 4. The highest BCUT2D eigenvalue weighted by molar-refractivity contribution is 5.89. The third-order valence-corrected chi connectivity index (χ3v) is 6.14. The van der Waals surface area contributed by atoms with Gasteiger partial charge < -0.3 is 34.1 Å². The fourth-order valence-corrected chi connectivity index (χ4v) is 4.31. The summed E-state index contributed by atoms with van der Waals surface area (Å²) in [6.07, 6.45) is 0. The Hall–Kier alpha value is -4.73. The predicted molar refractivity (Wildman–Crippen MR) is 133 cm³/mol. The van der Waals surface area contributed by atoms with Crippen molar-refractivity contribution in [3.63, 3.8) is 0 Å². The Morgan fingerprint density at radius 2 is 1.59 bits per heavy atom. The molecule has 2 aliphatic heterocycles. The number of urea groups is 1. The molecule has 3 heterocycles. The summed E-state index contributed by atoms with van der Waals surface area (Å²) in [6.45, 7) is 1.22. The molecule has 0 spiro atoms. The van der Waals surface area contributed by atoms with Crippen LogP contribution < -0.4 is 29.8 Å². The topological polar surface area (TPSA) is 102 Å². The molecule has 6 rings (SSSR count). The Balaban J connectivity index is 1.32. The molecule has 10 heteroatoms. The largest absolute Gasteiger partial charge is 0.486 e. The van der Waals surface area contributed by atoms with Crippen LogP contribution in [0.3, 0.4) is 0 Å². The summed E-state index contributed by atoms with van der Waals surface area (Å²) in [5.74, 6) is 1.99. The highest BCUT2D eigenvalue weighted by Gasteiger charge is 2.21. The van der Waals surface area contributed by atoms with E-state index >= 15 is 0 Å². The number of amides is 2. The third kappa shape index (κ3) is 4.73. The minimum absolute atomic E-state index is 0.0151. The van der Waals surface area contributed by atoms with E-state index in [1.54, 1.807) is 24.3 Å². The van der Waals surface area contributed by atoms with Crippen LogP contribution in [0.2, 0.25) is 0 Å². The number of carbonyl (C=O) groups excluding carboxylic acids is 1. The zero-order valence-corrected chi connectivity index (χ0v) is 19.6. The smallest absolute Gasteiger partial charge is 0.322 e. The first-order valence-corrected chi connectivity index (χ1v) is 11.7. The van der Waals surface area contributed by atoms with Gasteiger partial charge in [-0.15, -0.1) is 0 Å². The second-order valence-corrected chi connectivity index (χ2v) is 8.69. The Kier molecular flexibility index (Phi) is 5.76. The normalized spacial score (nSPS) is 13.4. The number of H-pyrrole nitrogens is 1. The molecule has 2 amide bonds. The highest BCUT2D eigenvalue weighted by atomic mass is 19.1. The number of carbonyl (C=O) groups is 1. The molecule has 2 N–H and O–H groups in total. The molecule has 3 aromatic carbocycles. The first-order chi connectivity index (χ1) is 18.0. The van der Waals surface area contributed by atoms with Crippen molar-refractivity contribution >= 4 is 22.6 Å². The van der Waals surface area contributed by atoms with Crippen LogP contribution in [0.5, 0.6) is 23.0 Å². The SMILES string of the molecule is O=C(Nc1ccc(F)cc1)N(Cc1ccc2c(c1)OCO2)Cc1cc2cc3c(cc2[nH]c1=O)OCCO3. The van der Waals surface area contributed by atoms with Gasteiger partial charge in [-0.25, -0.2) is 9.18 Å². The van der Waals surface area contributed by atoms with Crippen molar-refractivity contribution in [3.05, 3.63) is 88.0 Å². The van der Waals surface area contributed by atoms with Gasteiger partial charge in [0.25, 0.3) is 5.56 Å². The number of anilines is 1. The van der Waals surface area contributed by atoms with Gasteiger partial charge >= 0.3 is 6.03 Å². The number of nitrogens with zero attached hydrogens (tertiary/aromatic N) is 1. The molecule has 0 unspecified atom stereocenters. The van der Waals surface area contributed by atoms with Crippen LogP contribution >= 0.6 is 0 Å². The van der Waals surface area contributed by atoms with Crippen LogP contribution in [-0.2, 0) is 13.1 Å². The maximum Gasteiger partial charge on any atom is 0.322 e. The molecular formula is C27H22FN3O6. The second-order valence-electron chi connectivity index (χ2n) is 8.69. The number of pyridine rings is 1. The summed E-state index contributed by atoms with van der Waals surface area (Å²) in [5, 5.41) is 3.53. The van der Waals surface area contributed by atoms with Crippen LogP contribution in [0.15, 0.2) is 65.5 Å². The van der Waals surface area contributed by atoms with Crippen molar-refractivity contribution in [2.75, 3.05) is 25.3 Å². The number of aromatic amines is 1. The zero-order chi connectivity index (χ0) is 25.4. The lowest BCUT2D eigenvalue weighted by molar-refractivity contribution is 0.172. The molecule has 9 nitrogen and oxygen atoms in total. The van der Waals surface area contributed by atoms with Crippen molar-refractivity contribution in [3.8, 4) is 23.0 Å². The Morgan fingerprint density at radius 1 is 0.865 bits per heavy atom. The Bertz CT molecular complexity index is 1550. The molecule has 0 saturated carbocycles. The van der Waals surface area contributed by atoms with Crippen LogP contribution in [0.1, 0.15) is 11.1 Å². The van der Waals surface area contributed by atoms with Crippen LogP contribution in [0, 0.1) is 5.82 Å². The van der Waals surface area contributed by atoms with E-state index in [2.05, 4.69) is 10.3 Å². The van der Waals surface area contributed by atoms with E-state index in [0.717, 1.165) is 10.9 Å². The molecule has 0 aliphatic carbocycles. The van der Waals surface area contributed by atoms with Crippen LogP contribution in [-0.4, -0.2) is 35.9 Å². The van der Waals surface area contributed by atoms with Gasteiger partial charge in [0, 0.05) is 29.2 Å². The van der Waals surface area contributed by atoms with E-state index in [4.69, 9.17) is 18.9 Å². The average Bonchev–Trinajstić information content (AvgIpc) is 3.37. The van der Waals surface area contributed by atoms with Gasteiger partial charge in [0.1, 0.15) is 19.0 Å². The number of benzene rings is 3. The quantitative estimate of drug-likeness (QED) is 0.419. The standard InChI is InChI=1S/C27H22FN3O6/c28-19-2-4-20(5-3-19)29-27(33)31(13-16-1-6-22-23(9-16)37-15-36-22)14-18-10-17-11-24-25(35-8-7-34-24)12-21(17)30-26(18)32/h1-6,9-12H,7-8,13-15H2,(H,29,33)(H,30,32). The lowest BCUT2D eigenvalue weighted by atomic mass is 10.1. The molecule has 0 radical (unpaired) electrons. The predicted octanol–water partition coefficient (Wildman–Crippen LogP) is 4.40. The van der Waals surface area contributed by atoms with Crippen molar-refractivity contribution in [2.24, 2.45) is 0 Å². The minimum atomic E-state index is -0.453. The number of aromatic nitrogens is 1. The second kappa shape index (κ2) is 9.38. The van der Waals surface area contributed by atoms with E-state index < -0.39 is 11.8 Å². The van der Waals surface area contributed by atoms with E-state index in [-0.39, 0.29) is 25.4 Å².